The first-order chi connectivity index (χ1) is 8.02. The number of aromatic nitrogens is 1. The quantitative estimate of drug-likeness (QED) is 0.728. The predicted octanol–water partition coefficient (Wildman–Crippen LogP) is 4.07. The molecule has 1 aromatic heterocycles. The van der Waals surface area contributed by atoms with E-state index in [-0.39, 0.29) is 11.8 Å². The SMILES string of the molecule is CC(C)C(=O)C(C)C(C)SSc1ccccn1. The van der Waals surface area contributed by atoms with Crippen molar-refractivity contribution in [2.45, 2.75) is 38.0 Å². The molecule has 0 aliphatic rings. The standard InChI is InChI=1S/C13H19NOS2/c1-9(2)13(15)10(3)11(4)16-17-12-7-5-6-8-14-12/h5-11H,1-4H3. The molecule has 0 spiro atoms. The van der Waals surface area contributed by atoms with Gasteiger partial charge in [0.2, 0.25) is 0 Å². The lowest BCUT2D eigenvalue weighted by molar-refractivity contribution is -0.125. The molecular formula is C13H19NOS2. The van der Waals surface area contributed by atoms with Crippen LogP contribution in [-0.2, 0) is 4.79 Å². The van der Waals surface area contributed by atoms with Crippen molar-refractivity contribution in [3.8, 4) is 0 Å². The van der Waals surface area contributed by atoms with Crippen LogP contribution in [0.15, 0.2) is 29.4 Å². The van der Waals surface area contributed by atoms with Gasteiger partial charge in [0.1, 0.15) is 10.8 Å². The second-order valence-electron chi connectivity index (χ2n) is 4.40. The molecule has 1 heterocycles. The average molecular weight is 269 g/mol. The van der Waals surface area contributed by atoms with E-state index in [1.54, 1.807) is 27.8 Å². The van der Waals surface area contributed by atoms with Crippen LogP contribution in [0.2, 0.25) is 0 Å². The summed E-state index contributed by atoms with van der Waals surface area (Å²) in [6, 6.07) is 5.87. The van der Waals surface area contributed by atoms with Crippen molar-refractivity contribution in [1.82, 2.24) is 4.98 Å². The van der Waals surface area contributed by atoms with Gasteiger partial charge in [0.15, 0.2) is 0 Å². The first-order valence-corrected chi connectivity index (χ1v) is 8.01. The van der Waals surface area contributed by atoms with Crippen molar-refractivity contribution in [2.75, 3.05) is 0 Å². The number of carbonyl (C=O) groups is 1. The Hall–Kier alpha value is -0.480. The fourth-order valence-corrected chi connectivity index (χ4v) is 3.70. The van der Waals surface area contributed by atoms with Gasteiger partial charge in [-0.1, -0.05) is 44.6 Å². The fraction of sp³-hybridized carbons (Fsp3) is 0.538. The van der Waals surface area contributed by atoms with Gasteiger partial charge >= 0.3 is 0 Å². The molecule has 0 aliphatic carbocycles. The number of hydrogen-bond acceptors (Lipinski definition) is 4. The zero-order valence-corrected chi connectivity index (χ0v) is 12.3. The Bertz CT molecular complexity index is 354. The molecule has 0 saturated carbocycles. The molecule has 1 aromatic rings. The third kappa shape index (κ3) is 4.72. The number of ketones is 1. The highest BCUT2D eigenvalue weighted by Crippen LogP contribution is 2.36. The molecular weight excluding hydrogens is 250 g/mol. The topological polar surface area (TPSA) is 30.0 Å². The van der Waals surface area contributed by atoms with Crippen LogP contribution in [0.1, 0.15) is 27.7 Å². The van der Waals surface area contributed by atoms with Gasteiger partial charge in [-0.2, -0.15) is 0 Å². The highest BCUT2D eigenvalue weighted by molar-refractivity contribution is 8.76. The molecule has 0 N–H and O–H groups in total. The minimum absolute atomic E-state index is 0.0937. The van der Waals surface area contributed by atoms with Crippen LogP contribution >= 0.6 is 21.6 Å². The molecule has 2 atom stereocenters. The zero-order chi connectivity index (χ0) is 12.8. The highest BCUT2D eigenvalue weighted by atomic mass is 33.1. The molecule has 94 valence electrons. The molecule has 4 heteroatoms. The van der Waals surface area contributed by atoms with Crippen LogP contribution in [0, 0.1) is 11.8 Å². The lowest BCUT2D eigenvalue weighted by atomic mass is 9.95. The Morgan fingerprint density at radius 1 is 1.24 bits per heavy atom. The average Bonchev–Trinajstić information content (AvgIpc) is 2.35. The van der Waals surface area contributed by atoms with E-state index in [9.17, 15) is 4.79 Å². The Labute approximate surface area is 111 Å². The number of nitrogens with zero attached hydrogens (tertiary/aromatic N) is 1. The van der Waals surface area contributed by atoms with E-state index >= 15 is 0 Å². The first kappa shape index (κ1) is 14.6. The molecule has 0 saturated heterocycles. The predicted molar refractivity (Wildman–Crippen MR) is 76.2 cm³/mol. The highest BCUT2D eigenvalue weighted by Gasteiger charge is 2.23. The van der Waals surface area contributed by atoms with E-state index in [4.69, 9.17) is 0 Å². The van der Waals surface area contributed by atoms with Crippen molar-refractivity contribution >= 4 is 27.4 Å². The molecule has 2 unspecified atom stereocenters. The number of hydrogen-bond donors (Lipinski definition) is 0. The Morgan fingerprint density at radius 3 is 2.47 bits per heavy atom. The number of Topliss-reactive ketones (excluding diaryl/α,β-unsaturated/α-hetero) is 1. The summed E-state index contributed by atoms with van der Waals surface area (Å²) in [5, 5.41) is 1.30. The lowest BCUT2D eigenvalue weighted by Crippen LogP contribution is -2.24. The second-order valence-corrected chi connectivity index (χ2v) is 7.00. The van der Waals surface area contributed by atoms with E-state index in [2.05, 4.69) is 11.9 Å². The molecule has 0 amide bonds. The third-order valence-corrected chi connectivity index (χ3v) is 5.58. The molecule has 2 nitrogen and oxygen atoms in total. The van der Waals surface area contributed by atoms with Gasteiger partial charge in [-0.15, -0.1) is 0 Å². The van der Waals surface area contributed by atoms with Gasteiger partial charge in [-0.3, -0.25) is 4.79 Å². The van der Waals surface area contributed by atoms with Gasteiger partial charge < -0.3 is 0 Å². The van der Waals surface area contributed by atoms with Crippen molar-refractivity contribution in [2.24, 2.45) is 11.8 Å². The molecule has 0 aromatic carbocycles. The summed E-state index contributed by atoms with van der Waals surface area (Å²) in [5.74, 6) is 0.552. The third-order valence-electron chi connectivity index (χ3n) is 2.64. The maximum Gasteiger partial charge on any atom is 0.139 e. The van der Waals surface area contributed by atoms with Gasteiger partial charge in [0, 0.05) is 23.3 Å². The van der Waals surface area contributed by atoms with Crippen LogP contribution in [0.25, 0.3) is 0 Å². The van der Waals surface area contributed by atoms with Gasteiger partial charge in [0.05, 0.1) is 0 Å². The summed E-state index contributed by atoms with van der Waals surface area (Å²) in [6.07, 6.45) is 1.79. The van der Waals surface area contributed by atoms with Crippen molar-refractivity contribution in [3.63, 3.8) is 0 Å². The molecule has 0 fully saturated rings. The summed E-state index contributed by atoms with van der Waals surface area (Å²) in [7, 11) is 3.36. The summed E-state index contributed by atoms with van der Waals surface area (Å²) >= 11 is 0. The lowest BCUT2D eigenvalue weighted by Gasteiger charge is -2.19. The van der Waals surface area contributed by atoms with Crippen LogP contribution in [0.5, 0.6) is 0 Å². The molecule has 1 rings (SSSR count). The van der Waals surface area contributed by atoms with E-state index in [0.717, 1.165) is 5.03 Å². The molecule has 0 bridgehead atoms. The van der Waals surface area contributed by atoms with Crippen molar-refractivity contribution in [1.29, 1.82) is 0 Å². The van der Waals surface area contributed by atoms with Crippen molar-refractivity contribution in [3.05, 3.63) is 24.4 Å². The van der Waals surface area contributed by atoms with Crippen LogP contribution in [-0.4, -0.2) is 16.0 Å². The number of carbonyl (C=O) groups excluding carboxylic acids is 1. The number of pyridine rings is 1. The van der Waals surface area contributed by atoms with Gasteiger partial charge in [-0.25, -0.2) is 4.98 Å². The summed E-state index contributed by atoms with van der Waals surface area (Å²) in [5.41, 5.74) is 0. The smallest absolute Gasteiger partial charge is 0.139 e. The molecule has 0 radical (unpaired) electrons. The Morgan fingerprint density at radius 2 is 1.94 bits per heavy atom. The summed E-state index contributed by atoms with van der Waals surface area (Å²) < 4.78 is 0. The van der Waals surface area contributed by atoms with Crippen molar-refractivity contribution < 1.29 is 4.79 Å². The second kappa shape index (κ2) is 7.07. The normalized spacial score (nSPS) is 14.6. The maximum atomic E-state index is 11.9. The number of rotatable bonds is 6. The molecule has 0 aliphatic heterocycles. The van der Waals surface area contributed by atoms with E-state index in [0.29, 0.717) is 11.0 Å². The summed E-state index contributed by atoms with van der Waals surface area (Å²) in [4.78, 5) is 16.1. The Balaban J connectivity index is 2.44. The largest absolute Gasteiger partial charge is 0.299 e. The molecule has 17 heavy (non-hydrogen) atoms. The fourth-order valence-electron chi connectivity index (χ4n) is 1.36. The summed E-state index contributed by atoms with van der Waals surface area (Å²) in [6.45, 7) is 8.04. The van der Waals surface area contributed by atoms with E-state index in [1.165, 1.54) is 0 Å². The minimum atomic E-state index is 0.0937. The van der Waals surface area contributed by atoms with Gasteiger partial charge in [-0.05, 0) is 22.9 Å². The van der Waals surface area contributed by atoms with Crippen LogP contribution < -0.4 is 0 Å². The first-order valence-electron chi connectivity index (χ1n) is 5.80. The van der Waals surface area contributed by atoms with E-state index < -0.39 is 0 Å². The maximum absolute atomic E-state index is 11.9. The van der Waals surface area contributed by atoms with Crippen LogP contribution in [0.4, 0.5) is 0 Å². The van der Waals surface area contributed by atoms with Crippen LogP contribution in [0.3, 0.4) is 0 Å². The minimum Gasteiger partial charge on any atom is -0.299 e. The monoisotopic (exact) mass is 269 g/mol. The van der Waals surface area contributed by atoms with E-state index in [1.807, 2.05) is 39.0 Å². The Kier molecular flexibility index (Phi) is 6.06. The zero-order valence-electron chi connectivity index (χ0n) is 10.7. The van der Waals surface area contributed by atoms with Gasteiger partial charge in [0.25, 0.3) is 0 Å².